The molecular formula is C9H12O2. The minimum Gasteiger partial charge on any atom is -0.496 e. The number of allylic oxidation sites excluding steroid dienone is 3. The predicted molar refractivity (Wildman–Crippen MR) is 43.1 cm³/mol. The second-order valence-electron chi connectivity index (χ2n) is 2.52. The molecule has 0 fully saturated rings. The van der Waals surface area contributed by atoms with Gasteiger partial charge in [0.2, 0.25) is 0 Å². The summed E-state index contributed by atoms with van der Waals surface area (Å²) < 4.78 is 5.04. The molecule has 0 bridgehead atoms. The normalized spacial score (nSPS) is 16.9. The van der Waals surface area contributed by atoms with Crippen LogP contribution in [-0.4, -0.2) is 12.9 Å². The Hall–Kier alpha value is -1.05. The van der Waals surface area contributed by atoms with Crippen molar-refractivity contribution in [2.75, 3.05) is 7.11 Å². The summed E-state index contributed by atoms with van der Waals surface area (Å²) in [6.07, 6.45) is 5.81. The molecule has 1 aliphatic rings. The lowest BCUT2D eigenvalue weighted by molar-refractivity contribution is -0.113. The van der Waals surface area contributed by atoms with Crippen molar-refractivity contribution in [3.8, 4) is 0 Å². The fourth-order valence-electron chi connectivity index (χ4n) is 1.16. The summed E-state index contributed by atoms with van der Waals surface area (Å²) in [7, 11) is 1.59. The van der Waals surface area contributed by atoms with Crippen molar-refractivity contribution in [2.45, 2.75) is 19.8 Å². The number of ether oxygens (including phenoxy) is 1. The first-order valence-corrected chi connectivity index (χ1v) is 3.71. The van der Waals surface area contributed by atoms with Crippen molar-refractivity contribution in [3.05, 3.63) is 23.5 Å². The molecule has 2 heteroatoms. The number of Topliss-reactive ketones (excluding diaryl/α,β-unsaturated/α-hetero) is 1. The Balaban J connectivity index is 2.83. The van der Waals surface area contributed by atoms with Crippen molar-refractivity contribution < 1.29 is 9.53 Å². The molecule has 60 valence electrons. The average molecular weight is 152 g/mol. The molecule has 1 aliphatic carbocycles. The molecule has 2 nitrogen and oxygen atoms in total. The molecule has 0 radical (unpaired) electrons. The maximum absolute atomic E-state index is 11.0. The van der Waals surface area contributed by atoms with Gasteiger partial charge in [0.05, 0.1) is 12.7 Å². The fraction of sp³-hybridized carbons (Fsp3) is 0.444. The first-order chi connectivity index (χ1) is 5.25. The van der Waals surface area contributed by atoms with Crippen LogP contribution < -0.4 is 0 Å². The van der Waals surface area contributed by atoms with E-state index in [1.165, 1.54) is 0 Å². The Labute approximate surface area is 66.5 Å². The Morgan fingerprint density at radius 1 is 1.45 bits per heavy atom. The summed E-state index contributed by atoms with van der Waals surface area (Å²) in [5.41, 5.74) is 0.721. The average Bonchev–Trinajstić information content (AvgIpc) is 2.04. The molecule has 0 unspecified atom stereocenters. The molecule has 0 aromatic carbocycles. The van der Waals surface area contributed by atoms with E-state index < -0.39 is 0 Å². The molecule has 0 amide bonds. The number of carbonyl (C=O) groups excluding carboxylic acids is 1. The highest BCUT2D eigenvalue weighted by atomic mass is 16.5. The first kappa shape index (κ1) is 8.05. The second kappa shape index (κ2) is 3.37. The van der Waals surface area contributed by atoms with E-state index in [4.69, 9.17) is 4.74 Å². The molecule has 0 aromatic heterocycles. The zero-order chi connectivity index (χ0) is 8.27. The summed E-state index contributed by atoms with van der Waals surface area (Å²) in [5.74, 6) is 0.807. The van der Waals surface area contributed by atoms with Crippen molar-refractivity contribution >= 4 is 5.78 Å². The lowest BCUT2D eigenvalue weighted by Crippen LogP contribution is -2.04. The van der Waals surface area contributed by atoms with Crippen LogP contribution in [0.4, 0.5) is 0 Å². The SMILES string of the molecule is COC1=CCCC=C1C(C)=O. The topological polar surface area (TPSA) is 26.3 Å². The van der Waals surface area contributed by atoms with Crippen LogP contribution in [0.1, 0.15) is 19.8 Å². The number of carbonyl (C=O) groups is 1. The van der Waals surface area contributed by atoms with Gasteiger partial charge in [0.1, 0.15) is 5.76 Å². The molecular weight excluding hydrogens is 140 g/mol. The van der Waals surface area contributed by atoms with Gasteiger partial charge in [-0.25, -0.2) is 0 Å². The van der Waals surface area contributed by atoms with E-state index in [0.717, 1.165) is 24.2 Å². The van der Waals surface area contributed by atoms with Crippen LogP contribution in [0.2, 0.25) is 0 Å². The van der Waals surface area contributed by atoms with Crippen molar-refractivity contribution in [1.82, 2.24) is 0 Å². The Kier molecular flexibility index (Phi) is 2.47. The van der Waals surface area contributed by atoms with Crippen LogP contribution in [0, 0.1) is 0 Å². The van der Waals surface area contributed by atoms with Crippen LogP contribution in [-0.2, 0) is 9.53 Å². The van der Waals surface area contributed by atoms with Crippen molar-refractivity contribution in [3.63, 3.8) is 0 Å². The Bertz CT molecular complexity index is 224. The molecule has 1 rings (SSSR count). The molecule has 0 saturated carbocycles. The third-order valence-electron chi connectivity index (χ3n) is 1.71. The lowest BCUT2D eigenvalue weighted by Gasteiger charge is -2.11. The van der Waals surface area contributed by atoms with Gasteiger partial charge in [-0.2, -0.15) is 0 Å². The Morgan fingerprint density at radius 2 is 2.09 bits per heavy atom. The van der Waals surface area contributed by atoms with Crippen LogP contribution >= 0.6 is 0 Å². The summed E-state index contributed by atoms with van der Waals surface area (Å²) in [6.45, 7) is 1.56. The van der Waals surface area contributed by atoms with E-state index in [2.05, 4.69) is 0 Å². The molecule has 0 aliphatic heterocycles. The number of hydrogen-bond acceptors (Lipinski definition) is 2. The smallest absolute Gasteiger partial charge is 0.163 e. The zero-order valence-electron chi connectivity index (χ0n) is 6.89. The standard InChI is InChI=1S/C9H12O2/c1-7(10)8-5-3-4-6-9(8)11-2/h5-6H,3-4H2,1-2H3. The van der Waals surface area contributed by atoms with Gasteiger partial charge in [-0.3, -0.25) is 4.79 Å². The third-order valence-corrected chi connectivity index (χ3v) is 1.71. The molecule has 0 heterocycles. The van der Waals surface area contributed by atoms with Gasteiger partial charge < -0.3 is 4.74 Å². The molecule has 0 spiro atoms. The summed E-state index contributed by atoms with van der Waals surface area (Å²) >= 11 is 0. The third kappa shape index (κ3) is 1.70. The quantitative estimate of drug-likeness (QED) is 0.603. The monoisotopic (exact) mass is 152 g/mol. The summed E-state index contributed by atoms with van der Waals surface area (Å²) in [5, 5.41) is 0. The molecule has 0 saturated heterocycles. The summed E-state index contributed by atoms with van der Waals surface area (Å²) in [6, 6.07) is 0. The number of hydrogen-bond donors (Lipinski definition) is 0. The van der Waals surface area contributed by atoms with Gasteiger partial charge in [0, 0.05) is 0 Å². The second-order valence-corrected chi connectivity index (χ2v) is 2.52. The molecule has 0 atom stereocenters. The maximum Gasteiger partial charge on any atom is 0.163 e. The number of rotatable bonds is 2. The molecule has 0 aromatic rings. The highest BCUT2D eigenvalue weighted by Crippen LogP contribution is 2.19. The van der Waals surface area contributed by atoms with Crippen LogP contribution in [0.15, 0.2) is 23.5 Å². The fourth-order valence-corrected chi connectivity index (χ4v) is 1.16. The van der Waals surface area contributed by atoms with Gasteiger partial charge in [-0.1, -0.05) is 6.08 Å². The van der Waals surface area contributed by atoms with Crippen molar-refractivity contribution in [2.24, 2.45) is 0 Å². The van der Waals surface area contributed by atoms with Gasteiger partial charge in [-0.05, 0) is 25.8 Å². The van der Waals surface area contributed by atoms with Crippen molar-refractivity contribution in [1.29, 1.82) is 0 Å². The van der Waals surface area contributed by atoms with E-state index >= 15 is 0 Å². The zero-order valence-corrected chi connectivity index (χ0v) is 6.89. The minimum absolute atomic E-state index is 0.0813. The van der Waals surface area contributed by atoms with E-state index in [-0.39, 0.29) is 5.78 Å². The summed E-state index contributed by atoms with van der Waals surface area (Å²) in [4.78, 5) is 11.0. The van der Waals surface area contributed by atoms with Crippen LogP contribution in [0.25, 0.3) is 0 Å². The van der Waals surface area contributed by atoms with Gasteiger partial charge in [-0.15, -0.1) is 0 Å². The predicted octanol–water partition coefficient (Wildman–Crippen LogP) is 1.83. The van der Waals surface area contributed by atoms with E-state index in [0.29, 0.717) is 0 Å². The lowest BCUT2D eigenvalue weighted by atomic mass is 10.0. The number of ketones is 1. The van der Waals surface area contributed by atoms with Gasteiger partial charge in [0.15, 0.2) is 5.78 Å². The largest absolute Gasteiger partial charge is 0.496 e. The highest BCUT2D eigenvalue weighted by Gasteiger charge is 2.12. The van der Waals surface area contributed by atoms with E-state index in [9.17, 15) is 4.79 Å². The highest BCUT2D eigenvalue weighted by molar-refractivity contribution is 5.97. The van der Waals surface area contributed by atoms with E-state index in [1.807, 2.05) is 12.2 Å². The molecule has 11 heavy (non-hydrogen) atoms. The van der Waals surface area contributed by atoms with Gasteiger partial charge in [0.25, 0.3) is 0 Å². The molecule has 0 N–H and O–H groups in total. The number of methoxy groups -OCH3 is 1. The van der Waals surface area contributed by atoms with Crippen LogP contribution in [0.5, 0.6) is 0 Å². The maximum atomic E-state index is 11.0. The van der Waals surface area contributed by atoms with E-state index in [1.54, 1.807) is 14.0 Å². The van der Waals surface area contributed by atoms with Crippen LogP contribution in [0.3, 0.4) is 0 Å². The first-order valence-electron chi connectivity index (χ1n) is 3.71. The Morgan fingerprint density at radius 3 is 2.55 bits per heavy atom. The van der Waals surface area contributed by atoms with Gasteiger partial charge >= 0.3 is 0 Å². The minimum atomic E-state index is 0.0813.